The van der Waals surface area contributed by atoms with Gasteiger partial charge in [-0.05, 0) is 34.7 Å². The Labute approximate surface area is 121 Å². The maximum absolute atomic E-state index is 6.01. The number of anilines is 1. The van der Waals surface area contributed by atoms with Crippen LogP contribution in [0.5, 0.6) is 5.88 Å². The van der Waals surface area contributed by atoms with Gasteiger partial charge in [0.25, 0.3) is 0 Å². The molecule has 1 aliphatic carbocycles. The molecule has 6 heteroatoms. The number of aromatic nitrogens is 2. The quantitative estimate of drug-likeness (QED) is 0.857. The fourth-order valence-electron chi connectivity index (χ4n) is 2.31. The molecule has 1 aromatic heterocycles. The molecule has 2 rings (SSSR count). The van der Waals surface area contributed by atoms with Gasteiger partial charge in [0.2, 0.25) is 11.8 Å². The minimum Gasteiger partial charge on any atom is -0.480 e. The Balaban J connectivity index is 2.07. The van der Waals surface area contributed by atoms with Crippen LogP contribution in [-0.4, -0.2) is 29.0 Å². The van der Waals surface area contributed by atoms with Crippen LogP contribution < -0.4 is 10.1 Å². The van der Waals surface area contributed by atoms with Gasteiger partial charge in [0.15, 0.2) is 0 Å². The number of methoxy groups -OCH3 is 1. The first-order valence-electron chi connectivity index (χ1n) is 6.13. The fourth-order valence-corrected chi connectivity index (χ4v) is 3.03. The second kappa shape index (κ2) is 6.57. The average Bonchev–Trinajstić information content (AvgIpc) is 2.41. The van der Waals surface area contributed by atoms with Gasteiger partial charge >= 0.3 is 0 Å². The summed E-state index contributed by atoms with van der Waals surface area (Å²) in [5.41, 5.74) is 0. The molecular weight excluding hydrogens is 318 g/mol. The maximum atomic E-state index is 6.01. The number of alkyl halides is 1. The normalized spacial score (nSPS) is 23.7. The highest BCUT2D eigenvalue weighted by Crippen LogP contribution is 2.28. The Bertz CT molecular complexity index is 405. The van der Waals surface area contributed by atoms with Gasteiger partial charge in [-0.15, -0.1) is 11.6 Å². The van der Waals surface area contributed by atoms with E-state index in [2.05, 4.69) is 31.2 Å². The number of hydrogen-bond donors (Lipinski definition) is 1. The highest BCUT2D eigenvalue weighted by Gasteiger charge is 2.25. The van der Waals surface area contributed by atoms with Gasteiger partial charge in [-0.3, -0.25) is 0 Å². The lowest BCUT2D eigenvalue weighted by atomic mass is 9.86. The van der Waals surface area contributed by atoms with E-state index in [0.29, 0.717) is 29.7 Å². The van der Waals surface area contributed by atoms with Gasteiger partial charge in [0, 0.05) is 11.9 Å². The zero-order chi connectivity index (χ0) is 13.0. The molecule has 0 radical (unpaired) electrons. The van der Waals surface area contributed by atoms with Crippen molar-refractivity contribution in [2.45, 2.75) is 31.7 Å². The van der Waals surface area contributed by atoms with Gasteiger partial charge in [-0.1, -0.05) is 12.8 Å². The van der Waals surface area contributed by atoms with Gasteiger partial charge in [-0.2, -0.15) is 4.98 Å². The Hall–Kier alpha value is -0.550. The molecular formula is C12H17BrClN3O. The lowest BCUT2D eigenvalue weighted by molar-refractivity contribution is 0.350. The molecule has 1 fully saturated rings. The highest BCUT2D eigenvalue weighted by molar-refractivity contribution is 9.10. The van der Waals surface area contributed by atoms with Crippen molar-refractivity contribution >= 4 is 33.5 Å². The van der Waals surface area contributed by atoms with Crippen molar-refractivity contribution in [3.63, 3.8) is 0 Å². The van der Waals surface area contributed by atoms with Crippen LogP contribution in [0, 0.1) is 5.92 Å². The highest BCUT2D eigenvalue weighted by atomic mass is 79.9. The standard InChI is InChI=1S/C12H17BrClN3O/c1-18-11-9(13)7-15-12(17-11)16-10-5-3-2-4-8(10)6-14/h7-8,10H,2-6H2,1H3,(H,15,16,17). The molecule has 1 aromatic rings. The number of rotatable bonds is 4. The number of hydrogen-bond acceptors (Lipinski definition) is 4. The predicted octanol–water partition coefficient (Wildman–Crippen LogP) is 3.46. The van der Waals surface area contributed by atoms with E-state index in [9.17, 15) is 0 Å². The van der Waals surface area contributed by atoms with Gasteiger partial charge in [-0.25, -0.2) is 4.98 Å². The number of nitrogens with one attached hydrogen (secondary N) is 1. The maximum Gasteiger partial charge on any atom is 0.232 e. The first-order valence-corrected chi connectivity index (χ1v) is 7.46. The summed E-state index contributed by atoms with van der Waals surface area (Å²) in [5, 5.41) is 3.38. The van der Waals surface area contributed by atoms with E-state index in [1.807, 2.05) is 0 Å². The van der Waals surface area contributed by atoms with Crippen LogP contribution in [0.3, 0.4) is 0 Å². The van der Waals surface area contributed by atoms with E-state index in [1.54, 1.807) is 13.3 Å². The van der Waals surface area contributed by atoms with E-state index in [4.69, 9.17) is 16.3 Å². The first kappa shape index (κ1) is 13.9. The summed E-state index contributed by atoms with van der Waals surface area (Å²) >= 11 is 9.35. The Morgan fingerprint density at radius 3 is 3.00 bits per heavy atom. The number of ether oxygens (including phenoxy) is 1. The van der Waals surface area contributed by atoms with Crippen LogP contribution in [-0.2, 0) is 0 Å². The molecule has 0 aliphatic heterocycles. The molecule has 18 heavy (non-hydrogen) atoms. The first-order chi connectivity index (χ1) is 8.74. The lowest BCUT2D eigenvalue weighted by Crippen LogP contribution is -2.33. The zero-order valence-corrected chi connectivity index (χ0v) is 12.7. The van der Waals surface area contributed by atoms with Crippen molar-refractivity contribution in [1.82, 2.24) is 9.97 Å². The summed E-state index contributed by atoms with van der Waals surface area (Å²) in [4.78, 5) is 8.58. The van der Waals surface area contributed by atoms with Gasteiger partial charge in [0.1, 0.15) is 0 Å². The van der Waals surface area contributed by atoms with Crippen molar-refractivity contribution in [3.05, 3.63) is 10.7 Å². The summed E-state index contributed by atoms with van der Waals surface area (Å²) in [6.07, 6.45) is 6.50. The van der Waals surface area contributed by atoms with Crippen molar-refractivity contribution < 1.29 is 4.74 Å². The van der Waals surface area contributed by atoms with Crippen LogP contribution in [0.25, 0.3) is 0 Å². The lowest BCUT2D eigenvalue weighted by Gasteiger charge is -2.30. The van der Waals surface area contributed by atoms with Crippen molar-refractivity contribution in [2.24, 2.45) is 5.92 Å². The molecule has 0 amide bonds. The van der Waals surface area contributed by atoms with E-state index in [-0.39, 0.29) is 0 Å². The van der Waals surface area contributed by atoms with Crippen LogP contribution in [0.2, 0.25) is 0 Å². The molecule has 1 saturated carbocycles. The number of nitrogens with zero attached hydrogens (tertiary/aromatic N) is 2. The molecule has 1 heterocycles. The van der Waals surface area contributed by atoms with Gasteiger partial charge in [0.05, 0.1) is 17.8 Å². The molecule has 0 bridgehead atoms. The van der Waals surface area contributed by atoms with Crippen LogP contribution in [0.4, 0.5) is 5.95 Å². The molecule has 2 atom stereocenters. The number of halogens is 2. The van der Waals surface area contributed by atoms with Crippen molar-refractivity contribution in [1.29, 1.82) is 0 Å². The smallest absolute Gasteiger partial charge is 0.232 e. The van der Waals surface area contributed by atoms with E-state index >= 15 is 0 Å². The molecule has 0 saturated heterocycles. The average molecular weight is 335 g/mol. The molecule has 2 unspecified atom stereocenters. The SMILES string of the molecule is COc1nc(NC2CCCCC2CCl)ncc1Br. The van der Waals surface area contributed by atoms with Gasteiger partial charge < -0.3 is 10.1 Å². The minimum absolute atomic E-state index is 0.363. The predicted molar refractivity (Wildman–Crippen MR) is 76.4 cm³/mol. The molecule has 0 aromatic carbocycles. The molecule has 1 aliphatic rings. The summed E-state index contributed by atoms with van der Waals surface area (Å²) in [6, 6.07) is 0.363. The third-order valence-electron chi connectivity index (χ3n) is 3.33. The van der Waals surface area contributed by atoms with Crippen molar-refractivity contribution in [2.75, 3.05) is 18.3 Å². The third kappa shape index (κ3) is 3.26. The Kier molecular flexibility index (Phi) is 5.06. The second-order valence-electron chi connectivity index (χ2n) is 4.50. The minimum atomic E-state index is 0.363. The van der Waals surface area contributed by atoms with E-state index in [0.717, 1.165) is 10.9 Å². The summed E-state index contributed by atoms with van der Waals surface area (Å²) in [7, 11) is 1.60. The topological polar surface area (TPSA) is 47.0 Å². The molecule has 4 nitrogen and oxygen atoms in total. The van der Waals surface area contributed by atoms with Crippen LogP contribution in [0.1, 0.15) is 25.7 Å². The monoisotopic (exact) mass is 333 g/mol. The third-order valence-corrected chi connectivity index (χ3v) is 4.27. The molecule has 1 N–H and O–H groups in total. The molecule has 0 spiro atoms. The molecule has 100 valence electrons. The summed E-state index contributed by atoms with van der Waals surface area (Å²) in [5.74, 6) is 2.34. The zero-order valence-electron chi connectivity index (χ0n) is 10.3. The largest absolute Gasteiger partial charge is 0.480 e. The Morgan fingerprint density at radius 1 is 1.50 bits per heavy atom. The second-order valence-corrected chi connectivity index (χ2v) is 5.66. The van der Waals surface area contributed by atoms with E-state index in [1.165, 1.54) is 19.3 Å². The van der Waals surface area contributed by atoms with Crippen LogP contribution >= 0.6 is 27.5 Å². The fraction of sp³-hybridized carbons (Fsp3) is 0.667. The van der Waals surface area contributed by atoms with Crippen molar-refractivity contribution in [3.8, 4) is 5.88 Å². The summed E-state index contributed by atoms with van der Waals surface area (Å²) < 4.78 is 5.92. The summed E-state index contributed by atoms with van der Waals surface area (Å²) in [6.45, 7) is 0. The van der Waals surface area contributed by atoms with E-state index < -0.39 is 0 Å². The van der Waals surface area contributed by atoms with Crippen LogP contribution in [0.15, 0.2) is 10.7 Å². The Morgan fingerprint density at radius 2 is 2.28 bits per heavy atom.